The molecule has 0 bridgehead atoms. The second-order valence-electron chi connectivity index (χ2n) is 6.23. The predicted octanol–water partition coefficient (Wildman–Crippen LogP) is 2.22. The SMILES string of the molecule is Cc1cc(C(=O)N2CCN(CCOc3ccc(Cl)cc3)CC2)n(C)n1. The largest absolute Gasteiger partial charge is 0.492 e. The Morgan fingerprint density at radius 1 is 1.20 bits per heavy atom. The number of aryl methyl sites for hydroxylation is 2. The summed E-state index contributed by atoms with van der Waals surface area (Å²) in [5.74, 6) is 0.880. The van der Waals surface area contributed by atoms with Crippen molar-refractivity contribution in [1.82, 2.24) is 19.6 Å². The minimum atomic E-state index is 0.0557. The summed E-state index contributed by atoms with van der Waals surface area (Å²) in [5.41, 5.74) is 1.51. The standard InChI is InChI=1S/C18H23ClN4O2/c1-14-13-17(21(2)20-14)18(24)23-9-7-22(8-10-23)11-12-25-16-5-3-15(19)4-6-16/h3-6,13H,7-12H2,1-2H3. The van der Waals surface area contributed by atoms with Crippen molar-refractivity contribution in [3.63, 3.8) is 0 Å². The Labute approximate surface area is 152 Å². The molecule has 2 heterocycles. The molecule has 2 aromatic rings. The van der Waals surface area contributed by atoms with Gasteiger partial charge in [-0.2, -0.15) is 5.10 Å². The number of carbonyl (C=O) groups excluding carboxylic acids is 1. The summed E-state index contributed by atoms with van der Waals surface area (Å²) in [4.78, 5) is 16.8. The van der Waals surface area contributed by atoms with Crippen LogP contribution in [0.25, 0.3) is 0 Å². The molecule has 0 aliphatic carbocycles. The Morgan fingerprint density at radius 3 is 2.48 bits per heavy atom. The number of halogens is 1. The number of aromatic nitrogens is 2. The van der Waals surface area contributed by atoms with Gasteiger partial charge in [-0.1, -0.05) is 11.6 Å². The van der Waals surface area contributed by atoms with Gasteiger partial charge in [-0.3, -0.25) is 14.4 Å². The molecule has 0 radical (unpaired) electrons. The molecule has 0 atom stereocenters. The van der Waals surface area contributed by atoms with Gasteiger partial charge in [0.2, 0.25) is 0 Å². The number of piperazine rings is 1. The number of rotatable bonds is 5. The van der Waals surface area contributed by atoms with Gasteiger partial charge >= 0.3 is 0 Å². The number of nitrogens with zero attached hydrogens (tertiary/aromatic N) is 4. The van der Waals surface area contributed by atoms with Crippen LogP contribution in [0.5, 0.6) is 5.75 Å². The molecule has 7 heteroatoms. The predicted molar refractivity (Wildman–Crippen MR) is 97.2 cm³/mol. The monoisotopic (exact) mass is 362 g/mol. The molecule has 0 spiro atoms. The van der Waals surface area contributed by atoms with Crippen molar-refractivity contribution in [2.45, 2.75) is 6.92 Å². The van der Waals surface area contributed by atoms with E-state index in [1.807, 2.05) is 49.2 Å². The van der Waals surface area contributed by atoms with E-state index < -0.39 is 0 Å². The Balaban J connectivity index is 1.43. The van der Waals surface area contributed by atoms with E-state index in [9.17, 15) is 4.79 Å². The highest BCUT2D eigenvalue weighted by atomic mass is 35.5. The number of benzene rings is 1. The van der Waals surface area contributed by atoms with Crippen LogP contribution in [0, 0.1) is 6.92 Å². The maximum absolute atomic E-state index is 12.6. The normalized spacial score (nSPS) is 15.4. The van der Waals surface area contributed by atoms with E-state index in [1.54, 1.807) is 4.68 Å². The lowest BCUT2D eigenvalue weighted by atomic mass is 10.2. The van der Waals surface area contributed by atoms with Crippen LogP contribution in [0.3, 0.4) is 0 Å². The van der Waals surface area contributed by atoms with Crippen molar-refractivity contribution < 1.29 is 9.53 Å². The molecule has 1 fully saturated rings. The maximum Gasteiger partial charge on any atom is 0.272 e. The average molecular weight is 363 g/mol. The lowest BCUT2D eigenvalue weighted by molar-refractivity contribution is 0.0610. The maximum atomic E-state index is 12.6. The Bertz CT molecular complexity index is 721. The van der Waals surface area contributed by atoms with E-state index >= 15 is 0 Å². The molecule has 25 heavy (non-hydrogen) atoms. The first-order chi connectivity index (χ1) is 12.0. The third-order valence-electron chi connectivity index (χ3n) is 4.37. The lowest BCUT2D eigenvalue weighted by Gasteiger charge is -2.34. The van der Waals surface area contributed by atoms with Crippen LogP contribution in [0.2, 0.25) is 5.02 Å². The van der Waals surface area contributed by atoms with Gasteiger partial charge in [0.15, 0.2) is 0 Å². The molecule has 1 aliphatic heterocycles. The molecule has 1 aromatic heterocycles. The molecular weight excluding hydrogens is 340 g/mol. The van der Waals surface area contributed by atoms with Crippen molar-refractivity contribution in [2.24, 2.45) is 7.05 Å². The molecule has 0 saturated carbocycles. The quantitative estimate of drug-likeness (QED) is 0.818. The zero-order chi connectivity index (χ0) is 17.8. The first-order valence-electron chi connectivity index (χ1n) is 8.43. The molecule has 1 aliphatic rings. The highest BCUT2D eigenvalue weighted by Gasteiger charge is 2.24. The molecule has 1 saturated heterocycles. The van der Waals surface area contributed by atoms with E-state index in [0.717, 1.165) is 44.2 Å². The molecule has 6 nitrogen and oxygen atoms in total. The van der Waals surface area contributed by atoms with E-state index in [-0.39, 0.29) is 5.91 Å². The first kappa shape index (κ1) is 17.8. The van der Waals surface area contributed by atoms with Crippen molar-refractivity contribution >= 4 is 17.5 Å². The van der Waals surface area contributed by atoms with Gasteiger partial charge in [-0.25, -0.2) is 0 Å². The number of hydrogen-bond donors (Lipinski definition) is 0. The van der Waals surface area contributed by atoms with E-state index in [4.69, 9.17) is 16.3 Å². The molecule has 0 unspecified atom stereocenters. The summed E-state index contributed by atoms with van der Waals surface area (Å²) in [5, 5.41) is 4.96. The molecule has 0 N–H and O–H groups in total. The van der Waals surface area contributed by atoms with Crippen LogP contribution in [0.4, 0.5) is 0 Å². The topological polar surface area (TPSA) is 50.6 Å². The van der Waals surface area contributed by atoms with Crippen molar-refractivity contribution in [1.29, 1.82) is 0 Å². The van der Waals surface area contributed by atoms with Crippen molar-refractivity contribution in [3.05, 3.63) is 46.7 Å². The summed E-state index contributed by atoms with van der Waals surface area (Å²) in [6.45, 7) is 6.52. The zero-order valence-corrected chi connectivity index (χ0v) is 15.4. The summed E-state index contributed by atoms with van der Waals surface area (Å²) in [7, 11) is 1.81. The number of carbonyl (C=O) groups is 1. The molecule has 134 valence electrons. The van der Waals surface area contributed by atoms with Gasteiger partial charge in [0.25, 0.3) is 5.91 Å². The van der Waals surface area contributed by atoms with Gasteiger partial charge in [0.05, 0.1) is 5.69 Å². The fourth-order valence-corrected chi connectivity index (χ4v) is 3.10. The van der Waals surface area contributed by atoms with Crippen molar-refractivity contribution in [2.75, 3.05) is 39.3 Å². The van der Waals surface area contributed by atoms with Gasteiger partial charge < -0.3 is 9.64 Å². The Kier molecular flexibility index (Phi) is 5.60. The lowest BCUT2D eigenvalue weighted by Crippen LogP contribution is -2.49. The molecule has 1 aromatic carbocycles. The molecule has 1 amide bonds. The van der Waals surface area contributed by atoms with Gasteiger partial charge in [0.1, 0.15) is 18.1 Å². The third-order valence-corrected chi connectivity index (χ3v) is 4.62. The average Bonchev–Trinajstić information content (AvgIpc) is 2.95. The third kappa shape index (κ3) is 4.52. The first-order valence-corrected chi connectivity index (χ1v) is 8.81. The van der Waals surface area contributed by atoms with Gasteiger partial charge in [-0.15, -0.1) is 0 Å². The van der Waals surface area contributed by atoms with Crippen LogP contribution in [-0.4, -0.2) is 64.8 Å². The fourth-order valence-electron chi connectivity index (χ4n) is 2.97. The van der Waals surface area contributed by atoms with Crippen LogP contribution in [-0.2, 0) is 7.05 Å². The summed E-state index contributed by atoms with van der Waals surface area (Å²) in [6, 6.07) is 9.22. The summed E-state index contributed by atoms with van der Waals surface area (Å²) in [6.07, 6.45) is 0. The Morgan fingerprint density at radius 2 is 1.88 bits per heavy atom. The van der Waals surface area contributed by atoms with Crippen LogP contribution in [0.1, 0.15) is 16.2 Å². The molecule has 3 rings (SSSR count). The summed E-state index contributed by atoms with van der Waals surface area (Å²) >= 11 is 5.86. The minimum absolute atomic E-state index is 0.0557. The second kappa shape index (κ2) is 7.89. The highest BCUT2D eigenvalue weighted by Crippen LogP contribution is 2.15. The van der Waals surface area contributed by atoms with E-state index in [1.165, 1.54) is 0 Å². The van der Waals surface area contributed by atoms with Crippen LogP contribution in [0.15, 0.2) is 30.3 Å². The second-order valence-corrected chi connectivity index (χ2v) is 6.67. The highest BCUT2D eigenvalue weighted by molar-refractivity contribution is 6.30. The van der Waals surface area contributed by atoms with E-state index in [0.29, 0.717) is 17.3 Å². The zero-order valence-electron chi connectivity index (χ0n) is 14.6. The van der Waals surface area contributed by atoms with Crippen molar-refractivity contribution in [3.8, 4) is 5.75 Å². The fraction of sp³-hybridized carbons (Fsp3) is 0.444. The smallest absolute Gasteiger partial charge is 0.272 e. The Hall–Kier alpha value is -2.05. The van der Waals surface area contributed by atoms with Gasteiger partial charge in [-0.05, 0) is 37.3 Å². The molecular formula is C18H23ClN4O2. The minimum Gasteiger partial charge on any atom is -0.492 e. The van der Waals surface area contributed by atoms with Crippen LogP contribution < -0.4 is 4.74 Å². The number of hydrogen-bond acceptors (Lipinski definition) is 4. The van der Waals surface area contributed by atoms with E-state index in [2.05, 4.69) is 10.00 Å². The van der Waals surface area contributed by atoms with Crippen LogP contribution >= 0.6 is 11.6 Å². The number of amides is 1. The van der Waals surface area contributed by atoms with Gasteiger partial charge in [0, 0.05) is 44.8 Å². The number of ether oxygens (including phenoxy) is 1. The summed E-state index contributed by atoms with van der Waals surface area (Å²) < 4.78 is 7.39.